The number of hydrogen-bond donors (Lipinski definition) is 2. The van der Waals surface area contributed by atoms with Gasteiger partial charge >= 0.3 is 0 Å². The maximum absolute atomic E-state index is 13.0. The first kappa shape index (κ1) is 21.2. The van der Waals surface area contributed by atoms with Crippen molar-refractivity contribution in [2.75, 3.05) is 39.8 Å². The molecule has 9 nitrogen and oxygen atoms in total. The van der Waals surface area contributed by atoms with Crippen molar-refractivity contribution in [1.82, 2.24) is 25.3 Å². The monoisotopic (exact) mass is 439 g/mol. The fourth-order valence-electron chi connectivity index (χ4n) is 5.51. The predicted octanol–water partition coefficient (Wildman–Crippen LogP) is -0.0426. The van der Waals surface area contributed by atoms with Crippen molar-refractivity contribution in [3.05, 3.63) is 34.9 Å². The topological polar surface area (TPSA) is 102 Å². The van der Waals surface area contributed by atoms with E-state index in [1.54, 1.807) is 12.1 Å². The molecule has 0 aliphatic carbocycles. The van der Waals surface area contributed by atoms with Gasteiger partial charge in [-0.15, -0.1) is 0 Å². The van der Waals surface area contributed by atoms with Gasteiger partial charge in [0.2, 0.25) is 11.8 Å². The number of rotatable bonds is 3. The van der Waals surface area contributed by atoms with Crippen molar-refractivity contribution >= 4 is 23.6 Å². The van der Waals surface area contributed by atoms with Gasteiger partial charge in [0, 0.05) is 51.2 Å². The zero-order valence-electron chi connectivity index (χ0n) is 18.4. The van der Waals surface area contributed by atoms with Crippen molar-refractivity contribution in [2.45, 2.75) is 43.8 Å². The number of piperidine rings is 2. The van der Waals surface area contributed by atoms with Gasteiger partial charge in [-0.3, -0.25) is 34.3 Å². The van der Waals surface area contributed by atoms with Crippen LogP contribution in [-0.2, 0) is 16.1 Å². The molecule has 4 heterocycles. The molecule has 1 atom stereocenters. The van der Waals surface area contributed by atoms with E-state index in [9.17, 15) is 19.2 Å². The molecule has 0 saturated carbocycles. The van der Waals surface area contributed by atoms with Crippen LogP contribution >= 0.6 is 0 Å². The number of carbonyl (C=O) groups is 4. The first-order valence-electron chi connectivity index (χ1n) is 11.4. The van der Waals surface area contributed by atoms with Gasteiger partial charge in [0.05, 0.1) is 11.1 Å². The van der Waals surface area contributed by atoms with Crippen LogP contribution in [0.25, 0.3) is 0 Å². The molecule has 2 N–H and O–H groups in total. The van der Waals surface area contributed by atoms with Crippen LogP contribution in [0.4, 0.5) is 0 Å². The number of benzene rings is 1. The molecule has 3 fully saturated rings. The molecule has 170 valence electrons. The third-order valence-electron chi connectivity index (χ3n) is 7.29. The van der Waals surface area contributed by atoms with Gasteiger partial charge in [0.25, 0.3) is 11.8 Å². The second-order valence-electron chi connectivity index (χ2n) is 9.55. The number of hydrogen-bond acceptors (Lipinski definition) is 7. The van der Waals surface area contributed by atoms with Crippen LogP contribution in [0.15, 0.2) is 18.2 Å². The molecule has 1 spiro atoms. The van der Waals surface area contributed by atoms with Gasteiger partial charge in [-0.1, -0.05) is 6.07 Å². The highest BCUT2D eigenvalue weighted by atomic mass is 16.2. The van der Waals surface area contributed by atoms with E-state index in [2.05, 4.69) is 27.5 Å². The van der Waals surface area contributed by atoms with Crippen molar-refractivity contribution in [3.63, 3.8) is 0 Å². The Labute approximate surface area is 187 Å². The minimum atomic E-state index is -0.928. The van der Waals surface area contributed by atoms with Crippen LogP contribution in [0, 0.1) is 0 Å². The lowest BCUT2D eigenvalue weighted by molar-refractivity contribution is -0.136. The molecule has 4 amide bonds. The minimum absolute atomic E-state index is 0.121. The number of carbonyl (C=O) groups excluding carboxylic acids is 4. The van der Waals surface area contributed by atoms with Crippen molar-refractivity contribution < 1.29 is 19.2 Å². The third-order valence-corrected chi connectivity index (χ3v) is 7.29. The molecule has 32 heavy (non-hydrogen) atoms. The molecule has 1 aromatic carbocycles. The molecule has 1 unspecified atom stereocenters. The smallest absolute Gasteiger partial charge is 0.262 e. The Balaban J connectivity index is 1.26. The normalized spacial score (nSPS) is 26.5. The first-order chi connectivity index (χ1) is 15.3. The maximum atomic E-state index is 13.0. The summed E-state index contributed by atoms with van der Waals surface area (Å²) >= 11 is 0. The molecule has 4 aliphatic rings. The lowest BCUT2D eigenvalue weighted by atomic mass is 9.85. The second kappa shape index (κ2) is 8.06. The van der Waals surface area contributed by atoms with E-state index in [4.69, 9.17) is 0 Å². The largest absolute Gasteiger partial charge is 0.309 e. The number of imide groups is 2. The quantitative estimate of drug-likeness (QED) is 0.637. The summed E-state index contributed by atoms with van der Waals surface area (Å²) in [4.78, 5) is 55.3. The van der Waals surface area contributed by atoms with Gasteiger partial charge < -0.3 is 10.2 Å². The number of nitrogens with zero attached hydrogens (tertiary/aromatic N) is 3. The van der Waals surface area contributed by atoms with Crippen LogP contribution in [0.1, 0.15) is 52.0 Å². The maximum Gasteiger partial charge on any atom is 0.262 e. The molecule has 0 bridgehead atoms. The van der Waals surface area contributed by atoms with Crippen LogP contribution in [-0.4, -0.2) is 89.7 Å². The third kappa shape index (κ3) is 3.74. The van der Waals surface area contributed by atoms with E-state index in [0.717, 1.165) is 62.6 Å². The Morgan fingerprint density at radius 1 is 1.03 bits per heavy atom. The molecule has 9 heteroatoms. The lowest BCUT2D eigenvalue weighted by Gasteiger charge is -2.47. The summed E-state index contributed by atoms with van der Waals surface area (Å²) in [6.45, 7) is 5.87. The summed E-state index contributed by atoms with van der Waals surface area (Å²) in [6, 6.07) is 4.45. The number of likely N-dealkylation sites (tertiary alicyclic amines) is 1. The average Bonchev–Trinajstić information content (AvgIpc) is 3.00. The van der Waals surface area contributed by atoms with Crippen molar-refractivity contribution in [1.29, 1.82) is 0 Å². The molecular formula is C23H29N5O4. The zero-order valence-corrected chi connectivity index (χ0v) is 18.4. The van der Waals surface area contributed by atoms with Gasteiger partial charge in [-0.05, 0) is 44.0 Å². The summed E-state index contributed by atoms with van der Waals surface area (Å²) < 4.78 is 0. The van der Waals surface area contributed by atoms with E-state index >= 15 is 0 Å². The minimum Gasteiger partial charge on any atom is -0.309 e. The van der Waals surface area contributed by atoms with Crippen LogP contribution < -0.4 is 10.6 Å². The van der Waals surface area contributed by atoms with Gasteiger partial charge in [0.1, 0.15) is 6.04 Å². The molecule has 4 aliphatic heterocycles. The fourth-order valence-corrected chi connectivity index (χ4v) is 5.51. The van der Waals surface area contributed by atoms with E-state index in [1.165, 1.54) is 0 Å². The van der Waals surface area contributed by atoms with E-state index in [0.29, 0.717) is 11.1 Å². The number of fused-ring (bicyclic) bond motifs is 1. The number of likely N-dealkylation sites (N-methyl/N-ethyl adjacent to an activating group) is 1. The average molecular weight is 440 g/mol. The van der Waals surface area contributed by atoms with Gasteiger partial charge in [-0.2, -0.15) is 0 Å². The highest BCUT2D eigenvalue weighted by Crippen LogP contribution is 2.30. The van der Waals surface area contributed by atoms with Crippen LogP contribution in [0.3, 0.4) is 0 Å². The first-order valence-corrected chi connectivity index (χ1v) is 11.4. The summed E-state index contributed by atoms with van der Waals surface area (Å²) in [5, 5.41) is 5.95. The molecule has 3 saturated heterocycles. The van der Waals surface area contributed by atoms with Gasteiger partial charge in [-0.25, -0.2) is 0 Å². The number of nitrogens with one attached hydrogen (secondary N) is 2. The lowest BCUT2D eigenvalue weighted by Crippen LogP contribution is -2.63. The highest BCUT2D eigenvalue weighted by molar-refractivity contribution is 6.23. The Morgan fingerprint density at radius 2 is 1.78 bits per heavy atom. The molecule has 5 rings (SSSR count). The summed E-state index contributed by atoms with van der Waals surface area (Å²) in [7, 11) is 2.18. The van der Waals surface area contributed by atoms with E-state index in [-0.39, 0.29) is 24.3 Å². The zero-order chi connectivity index (χ0) is 22.5. The van der Waals surface area contributed by atoms with Crippen LogP contribution in [0.2, 0.25) is 0 Å². The molecule has 1 aromatic rings. The second-order valence-corrected chi connectivity index (χ2v) is 9.55. The Bertz CT molecular complexity index is 985. The summed E-state index contributed by atoms with van der Waals surface area (Å²) in [5.74, 6) is -1.87. The van der Waals surface area contributed by atoms with Crippen LogP contribution in [0.5, 0.6) is 0 Å². The SMILES string of the molecule is CN1CCNC2(CCN(Cc3ccc4c(c3)C(=O)N(C3CCC(=O)NC3=O)C4=O)CC2)C1. The standard InChI is InChI=1S/C23H29N5O4/c1-26-11-8-24-23(14-26)6-9-27(10-7-23)13-15-2-3-16-17(12-15)22(32)28(21(16)31)18-4-5-19(29)25-20(18)30/h2-3,12,18,24H,4-11,13-14H2,1H3,(H,25,29,30). The number of amides is 4. The van der Waals surface area contributed by atoms with E-state index < -0.39 is 23.8 Å². The summed E-state index contributed by atoms with van der Waals surface area (Å²) in [5.41, 5.74) is 1.86. The predicted molar refractivity (Wildman–Crippen MR) is 116 cm³/mol. The Hall–Kier alpha value is -2.62. The van der Waals surface area contributed by atoms with E-state index in [1.807, 2.05) is 6.07 Å². The molecule has 0 radical (unpaired) electrons. The van der Waals surface area contributed by atoms with Crippen molar-refractivity contribution in [3.8, 4) is 0 Å². The Morgan fingerprint density at radius 3 is 2.50 bits per heavy atom. The molecular weight excluding hydrogens is 410 g/mol. The Kier molecular flexibility index (Phi) is 5.35. The highest BCUT2D eigenvalue weighted by Gasteiger charge is 2.44. The fraction of sp³-hybridized carbons (Fsp3) is 0.565. The van der Waals surface area contributed by atoms with Crippen molar-refractivity contribution in [2.24, 2.45) is 0 Å². The van der Waals surface area contributed by atoms with Gasteiger partial charge in [0.15, 0.2) is 0 Å². The summed E-state index contributed by atoms with van der Waals surface area (Å²) in [6.07, 6.45) is 2.46. The molecule has 0 aromatic heterocycles. The number of piperazine rings is 1.